The van der Waals surface area contributed by atoms with Crippen LogP contribution in [0, 0.1) is 5.92 Å². The fraction of sp³-hybridized carbons (Fsp3) is 0.500. The molecule has 1 saturated heterocycles. The molecule has 0 aliphatic carbocycles. The van der Waals surface area contributed by atoms with Crippen molar-refractivity contribution in [2.75, 3.05) is 33.3 Å². The number of esters is 1. The maximum absolute atomic E-state index is 11.9. The van der Waals surface area contributed by atoms with Gasteiger partial charge >= 0.3 is 5.97 Å². The highest BCUT2D eigenvalue weighted by Gasteiger charge is 2.27. The van der Waals surface area contributed by atoms with Gasteiger partial charge in [-0.25, -0.2) is 0 Å². The molecule has 1 aromatic heterocycles. The number of fused-ring (bicyclic) bond motifs is 1. The van der Waals surface area contributed by atoms with Crippen LogP contribution < -0.4 is 5.32 Å². The number of aromatic nitrogens is 1. The Kier molecular flexibility index (Phi) is 6.15. The lowest BCUT2D eigenvalue weighted by atomic mass is 9.97. The van der Waals surface area contributed by atoms with Crippen LogP contribution in [0.5, 0.6) is 0 Å². The third kappa shape index (κ3) is 4.18. The predicted molar refractivity (Wildman–Crippen MR) is 104 cm³/mol. The topological polar surface area (TPSA) is 69.7 Å². The zero-order valence-corrected chi connectivity index (χ0v) is 15.6. The van der Waals surface area contributed by atoms with Crippen molar-refractivity contribution in [1.82, 2.24) is 15.2 Å². The van der Waals surface area contributed by atoms with Gasteiger partial charge in [0.05, 0.1) is 12.5 Å². The number of rotatable bonds is 5. The number of nitrogens with one attached hydrogen (secondary N) is 2. The molecular formula is C20H28N4O2. The molecule has 1 aliphatic heterocycles. The minimum atomic E-state index is -0.0607. The molecule has 0 atom stereocenters. The summed E-state index contributed by atoms with van der Waals surface area (Å²) in [5.74, 6) is 0.872. The number of aromatic amines is 1. The second kappa shape index (κ2) is 8.74. The number of likely N-dealkylation sites (tertiary alicyclic amines) is 1. The fourth-order valence-electron chi connectivity index (χ4n) is 3.57. The largest absolute Gasteiger partial charge is 0.466 e. The number of hydrogen-bond acceptors (Lipinski definition) is 3. The van der Waals surface area contributed by atoms with Gasteiger partial charge in [0.25, 0.3) is 0 Å². The van der Waals surface area contributed by atoms with Crippen LogP contribution in [-0.4, -0.2) is 55.1 Å². The molecule has 0 radical (unpaired) electrons. The number of carbonyl (C=O) groups excluding carboxylic acids is 1. The number of aliphatic imine (C=N–C) groups is 1. The minimum Gasteiger partial charge on any atom is -0.466 e. The lowest BCUT2D eigenvalue weighted by Crippen LogP contribution is -2.47. The summed E-state index contributed by atoms with van der Waals surface area (Å²) in [7, 11) is 1.81. The number of hydrogen-bond donors (Lipinski definition) is 2. The lowest BCUT2D eigenvalue weighted by molar-refractivity contribution is -0.149. The molecule has 6 heteroatoms. The van der Waals surface area contributed by atoms with E-state index in [0.29, 0.717) is 6.61 Å². The van der Waals surface area contributed by atoms with Crippen molar-refractivity contribution in [1.29, 1.82) is 0 Å². The van der Waals surface area contributed by atoms with Crippen LogP contribution in [0.25, 0.3) is 10.9 Å². The first-order valence-electron chi connectivity index (χ1n) is 9.40. The van der Waals surface area contributed by atoms with E-state index in [1.807, 2.05) is 20.0 Å². The van der Waals surface area contributed by atoms with Crippen LogP contribution in [0.2, 0.25) is 0 Å². The maximum Gasteiger partial charge on any atom is 0.309 e. The van der Waals surface area contributed by atoms with Crippen LogP contribution in [0.1, 0.15) is 25.3 Å². The molecule has 1 fully saturated rings. The van der Waals surface area contributed by atoms with Crippen molar-refractivity contribution in [2.24, 2.45) is 10.9 Å². The Balaban J connectivity index is 1.49. The number of carbonyl (C=O) groups is 1. The van der Waals surface area contributed by atoms with Crippen molar-refractivity contribution in [3.05, 3.63) is 36.0 Å². The van der Waals surface area contributed by atoms with Crippen molar-refractivity contribution in [2.45, 2.75) is 26.2 Å². The first-order valence-corrected chi connectivity index (χ1v) is 9.40. The van der Waals surface area contributed by atoms with E-state index in [1.165, 1.54) is 16.5 Å². The van der Waals surface area contributed by atoms with Crippen molar-refractivity contribution in [3.63, 3.8) is 0 Å². The molecule has 140 valence electrons. The van der Waals surface area contributed by atoms with Gasteiger partial charge in [-0.15, -0.1) is 0 Å². The van der Waals surface area contributed by atoms with E-state index in [0.717, 1.165) is 44.9 Å². The van der Waals surface area contributed by atoms with Crippen LogP contribution in [0.15, 0.2) is 35.5 Å². The Morgan fingerprint density at radius 2 is 2.12 bits per heavy atom. The number of H-pyrrole nitrogens is 1. The molecule has 0 saturated carbocycles. The molecule has 1 aliphatic rings. The second-order valence-electron chi connectivity index (χ2n) is 6.60. The quantitative estimate of drug-likeness (QED) is 0.491. The average molecular weight is 356 g/mol. The number of piperidine rings is 1. The molecule has 0 unspecified atom stereocenters. The Labute approximate surface area is 154 Å². The summed E-state index contributed by atoms with van der Waals surface area (Å²) in [6, 6.07) is 8.36. The average Bonchev–Trinajstić information content (AvgIpc) is 3.09. The number of para-hydroxylation sites is 1. The van der Waals surface area contributed by atoms with E-state index in [9.17, 15) is 4.79 Å². The van der Waals surface area contributed by atoms with Gasteiger partial charge in [-0.05, 0) is 37.8 Å². The van der Waals surface area contributed by atoms with E-state index in [-0.39, 0.29) is 11.9 Å². The molecule has 3 rings (SSSR count). The molecule has 0 bridgehead atoms. The molecule has 2 aromatic rings. The summed E-state index contributed by atoms with van der Waals surface area (Å²) in [6.07, 6.45) is 4.66. The van der Waals surface area contributed by atoms with Crippen molar-refractivity contribution < 1.29 is 9.53 Å². The Morgan fingerprint density at radius 1 is 1.35 bits per heavy atom. The van der Waals surface area contributed by atoms with Gasteiger partial charge in [-0.1, -0.05) is 18.2 Å². The van der Waals surface area contributed by atoms with Crippen LogP contribution in [0.4, 0.5) is 0 Å². The monoisotopic (exact) mass is 356 g/mol. The third-order valence-corrected chi connectivity index (χ3v) is 4.98. The Hall–Kier alpha value is -2.50. The number of benzene rings is 1. The van der Waals surface area contributed by atoms with Gasteiger partial charge in [-0.3, -0.25) is 9.79 Å². The molecule has 0 spiro atoms. The van der Waals surface area contributed by atoms with Crippen molar-refractivity contribution in [3.8, 4) is 0 Å². The molecule has 2 heterocycles. The summed E-state index contributed by atoms with van der Waals surface area (Å²) in [5.41, 5.74) is 2.48. The van der Waals surface area contributed by atoms with Gasteiger partial charge in [0, 0.05) is 43.8 Å². The first kappa shape index (κ1) is 18.3. The SMILES string of the molecule is CCOC(=O)C1CCN(C(=NC)NCCc2c[nH]c3ccccc23)CC1. The van der Waals surface area contributed by atoms with Crippen LogP contribution in [-0.2, 0) is 16.0 Å². The zero-order chi connectivity index (χ0) is 18.4. The highest BCUT2D eigenvalue weighted by atomic mass is 16.5. The van der Waals surface area contributed by atoms with Gasteiger partial charge in [0.15, 0.2) is 5.96 Å². The Morgan fingerprint density at radius 3 is 2.85 bits per heavy atom. The summed E-state index contributed by atoms with van der Waals surface area (Å²) < 4.78 is 5.14. The van der Waals surface area contributed by atoms with Crippen LogP contribution in [0.3, 0.4) is 0 Å². The van der Waals surface area contributed by atoms with Crippen LogP contribution >= 0.6 is 0 Å². The van der Waals surface area contributed by atoms with Gasteiger partial charge in [0.2, 0.25) is 0 Å². The van der Waals surface area contributed by atoms with Gasteiger partial charge in [-0.2, -0.15) is 0 Å². The normalized spacial score (nSPS) is 16.1. The van der Waals surface area contributed by atoms with E-state index >= 15 is 0 Å². The van der Waals surface area contributed by atoms with Crippen molar-refractivity contribution >= 4 is 22.8 Å². The summed E-state index contributed by atoms with van der Waals surface area (Å²) in [6.45, 7) is 4.79. The molecule has 2 N–H and O–H groups in total. The molecule has 26 heavy (non-hydrogen) atoms. The highest BCUT2D eigenvalue weighted by Crippen LogP contribution is 2.19. The second-order valence-corrected chi connectivity index (χ2v) is 6.60. The highest BCUT2D eigenvalue weighted by molar-refractivity contribution is 5.83. The van der Waals surface area contributed by atoms with E-state index in [2.05, 4.69) is 44.6 Å². The zero-order valence-electron chi connectivity index (χ0n) is 15.6. The maximum atomic E-state index is 11.9. The van der Waals surface area contributed by atoms with E-state index in [1.54, 1.807) is 0 Å². The summed E-state index contributed by atoms with van der Waals surface area (Å²) in [4.78, 5) is 21.8. The first-order chi connectivity index (χ1) is 12.7. The molecule has 1 aromatic carbocycles. The number of nitrogens with zero attached hydrogens (tertiary/aromatic N) is 2. The minimum absolute atomic E-state index is 0.0236. The fourth-order valence-corrected chi connectivity index (χ4v) is 3.57. The summed E-state index contributed by atoms with van der Waals surface area (Å²) in [5, 5.41) is 4.73. The van der Waals surface area contributed by atoms with Gasteiger partial charge < -0.3 is 19.9 Å². The van der Waals surface area contributed by atoms with E-state index in [4.69, 9.17) is 4.74 Å². The number of ether oxygens (including phenoxy) is 1. The number of guanidine groups is 1. The smallest absolute Gasteiger partial charge is 0.309 e. The predicted octanol–water partition coefficient (Wildman–Crippen LogP) is 2.56. The molecular weight excluding hydrogens is 328 g/mol. The summed E-state index contributed by atoms with van der Waals surface area (Å²) >= 11 is 0. The molecule has 0 amide bonds. The van der Waals surface area contributed by atoms with E-state index < -0.39 is 0 Å². The standard InChI is InChI=1S/C20H28N4O2/c1-3-26-19(25)15-9-12-24(13-10-15)20(21-2)22-11-8-16-14-23-18-7-5-4-6-17(16)18/h4-7,14-15,23H,3,8-13H2,1-2H3,(H,21,22). The van der Waals surface area contributed by atoms with Gasteiger partial charge in [0.1, 0.15) is 0 Å². The lowest BCUT2D eigenvalue weighted by Gasteiger charge is -2.33. The molecule has 6 nitrogen and oxygen atoms in total. The third-order valence-electron chi connectivity index (χ3n) is 4.98. The Bertz CT molecular complexity index is 760.